The van der Waals surface area contributed by atoms with Gasteiger partial charge in [-0.25, -0.2) is 17.9 Å². The van der Waals surface area contributed by atoms with Crippen molar-refractivity contribution in [3.05, 3.63) is 34.9 Å². The van der Waals surface area contributed by atoms with E-state index in [0.717, 1.165) is 56.9 Å². The maximum atomic E-state index is 12.4. The number of benzene rings is 1. The van der Waals surface area contributed by atoms with E-state index in [9.17, 15) is 23.4 Å². The van der Waals surface area contributed by atoms with Gasteiger partial charge in [0.15, 0.2) is 0 Å². The van der Waals surface area contributed by atoms with E-state index >= 15 is 0 Å². The molecule has 3 N–H and O–H groups in total. The van der Waals surface area contributed by atoms with Crippen molar-refractivity contribution >= 4 is 27.7 Å². The molecule has 0 saturated heterocycles. The molecule has 0 bridgehead atoms. The zero-order valence-corrected chi connectivity index (χ0v) is 27.9. The molecule has 0 radical (unpaired) electrons. The first-order valence-electron chi connectivity index (χ1n) is 16.6. The molecule has 242 valence electrons. The van der Waals surface area contributed by atoms with Gasteiger partial charge < -0.3 is 14.9 Å². The van der Waals surface area contributed by atoms with Crippen molar-refractivity contribution in [1.29, 1.82) is 0 Å². The van der Waals surface area contributed by atoms with E-state index in [0.29, 0.717) is 47.0 Å². The Hall–Kier alpha value is -1.35. The lowest BCUT2D eigenvalue weighted by Crippen LogP contribution is -2.62. The minimum absolute atomic E-state index is 0.128. The molecule has 0 heterocycles. The number of amides is 1. The highest BCUT2D eigenvalue weighted by Crippen LogP contribution is 2.69. The third-order valence-corrected chi connectivity index (χ3v) is 14.2. The standard InChI is InChI=1S/C34H52ClNO6S/c1-5-25-29-20-24(37)11-15-34(29,4)28-12-16-33(3)26(9-10-27(33)30(28)31(25)38)21(2)13-17-42-32(39)36-43(40,41)18-14-22-7-6-8-23(35)19-22/h6-8,19,21,24-31,37-38H,5,9-18,20H2,1-4H3,(H,36,39)/t21-,24-,25-,26-,27+,28+,29+,30+,31-,33-,34-/m1/s1. The summed E-state index contributed by atoms with van der Waals surface area (Å²) in [5.74, 6) is 2.47. The zero-order chi connectivity index (χ0) is 31.2. The fourth-order valence-electron chi connectivity index (χ4n) is 10.6. The number of aryl methyl sites for hydroxylation is 1. The fraction of sp³-hybridized carbons (Fsp3) is 0.794. The first-order valence-corrected chi connectivity index (χ1v) is 18.6. The van der Waals surface area contributed by atoms with Gasteiger partial charge in [0.1, 0.15) is 0 Å². The second kappa shape index (κ2) is 12.8. The molecule has 5 rings (SSSR count). The Morgan fingerprint density at radius 2 is 1.81 bits per heavy atom. The number of ether oxygens (including phenoxy) is 1. The van der Waals surface area contributed by atoms with Gasteiger partial charge in [-0.1, -0.05) is 57.8 Å². The highest BCUT2D eigenvalue weighted by molar-refractivity contribution is 7.90. The zero-order valence-electron chi connectivity index (χ0n) is 26.3. The summed E-state index contributed by atoms with van der Waals surface area (Å²) in [6.07, 6.45) is 7.67. The van der Waals surface area contributed by atoms with E-state index in [-0.39, 0.29) is 47.7 Å². The molecule has 43 heavy (non-hydrogen) atoms. The van der Waals surface area contributed by atoms with Crippen LogP contribution in [0.1, 0.15) is 91.0 Å². The Morgan fingerprint density at radius 1 is 1.09 bits per heavy atom. The number of rotatable bonds is 9. The molecule has 0 spiro atoms. The van der Waals surface area contributed by atoms with Crippen LogP contribution in [0.3, 0.4) is 0 Å². The van der Waals surface area contributed by atoms with Gasteiger partial charge in [-0.2, -0.15) is 0 Å². The topological polar surface area (TPSA) is 113 Å². The Balaban J connectivity index is 1.16. The van der Waals surface area contributed by atoms with Crippen LogP contribution >= 0.6 is 11.6 Å². The van der Waals surface area contributed by atoms with Crippen LogP contribution in [0, 0.1) is 52.3 Å². The van der Waals surface area contributed by atoms with Gasteiger partial charge in [0, 0.05) is 5.02 Å². The average molecular weight is 638 g/mol. The summed E-state index contributed by atoms with van der Waals surface area (Å²) in [6, 6.07) is 7.01. The van der Waals surface area contributed by atoms with Crippen LogP contribution in [0.25, 0.3) is 0 Å². The molecule has 4 fully saturated rings. The smallest absolute Gasteiger partial charge is 0.420 e. The predicted molar refractivity (Wildman–Crippen MR) is 169 cm³/mol. The predicted octanol–water partition coefficient (Wildman–Crippen LogP) is 6.59. The van der Waals surface area contributed by atoms with Gasteiger partial charge in [-0.05, 0) is 128 Å². The van der Waals surface area contributed by atoms with E-state index in [1.54, 1.807) is 24.3 Å². The van der Waals surface area contributed by atoms with Gasteiger partial charge >= 0.3 is 6.09 Å². The summed E-state index contributed by atoms with van der Waals surface area (Å²) in [5, 5.41) is 23.0. The summed E-state index contributed by atoms with van der Waals surface area (Å²) >= 11 is 5.98. The van der Waals surface area contributed by atoms with E-state index < -0.39 is 16.1 Å². The van der Waals surface area contributed by atoms with Crippen LogP contribution in [0.4, 0.5) is 4.79 Å². The van der Waals surface area contributed by atoms with Crippen LogP contribution in [0.15, 0.2) is 24.3 Å². The van der Waals surface area contributed by atoms with E-state index in [1.165, 1.54) is 0 Å². The largest absolute Gasteiger partial charge is 0.449 e. The maximum absolute atomic E-state index is 12.4. The quantitative estimate of drug-likeness (QED) is 0.282. The molecule has 4 aliphatic rings. The van der Waals surface area contributed by atoms with E-state index in [4.69, 9.17) is 16.3 Å². The molecule has 1 aromatic carbocycles. The second-order valence-electron chi connectivity index (χ2n) is 14.8. The van der Waals surface area contributed by atoms with Crippen molar-refractivity contribution < 1.29 is 28.2 Å². The Labute approximate surface area is 263 Å². The lowest BCUT2D eigenvalue weighted by molar-refractivity contribution is -0.203. The number of aliphatic hydroxyl groups is 2. The van der Waals surface area contributed by atoms with Crippen molar-refractivity contribution in [1.82, 2.24) is 4.72 Å². The first kappa shape index (κ1) is 33.0. The molecule has 1 amide bonds. The number of nitrogens with one attached hydrogen (secondary N) is 1. The normalized spacial score (nSPS) is 39.7. The molecule has 11 atom stereocenters. The van der Waals surface area contributed by atoms with Crippen LogP contribution in [-0.2, 0) is 21.2 Å². The monoisotopic (exact) mass is 637 g/mol. The SMILES string of the molecule is CC[C@H]1[C@@H](O)[C@@H]2[C@H](CC[C@]3(C)[C@@H]([C@H](C)CCOC(=O)NS(=O)(=O)CCc4cccc(Cl)c4)CC[C@@H]23)[C@@]2(C)CC[C@@H](O)C[C@@H]12. The van der Waals surface area contributed by atoms with E-state index in [1.807, 2.05) is 4.72 Å². The number of hydrogen-bond donors (Lipinski definition) is 3. The van der Waals surface area contributed by atoms with Crippen LogP contribution < -0.4 is 4.72 Å². The molecular formula is C34H52ClNO6S. The van der Waals surface area contributed by atoms with Crippen LogP contribution in [0.2, 0.25) is 5.02 Å². The highest BCUT2D eigenvalue weighted by Gasteiger charge is 2.64. The second-order valence-corrected chi connectivity index (χ2v) is 17.1. The third kappa shape index (κ3) is 6.50. The highest BCUT2D eigenvalue weighted by atomic mass is 35.5. The summed E-state index contributed by atoms with van der Waals surface area (Å²) < 4.78 is 32.3. The average Bonchev–Trinajstić information content (AvgIpc) is 3.30. The molecule has 1 aromatic rings. The third-order valence-electron chi connectivity index (χ3n) is 12.7. The van der Waals surface area contributed by atoms with Gasteiger partial charge in [0.2, 0.25) is 10.0 Å². The maximum Gasteiger partial charge on any atom is 0.420 e. The van der Waals surface area contributed by atoms with Crippen LogP contribution in [0.5, 0.6) is 0 Å². The lowest BCUT2D eigenvalue weighted by Gasteiger charge is -2.64. The number of carbonyl (C=O) groups excluding carboxylic acids is 1. The number of aliphatic hydroxyl groups excluding tert-OH is 2. The Morgan fingerprint density at radius 3 is 2.53 bits per heavy atom. The molecule has 0 aromatic heterocycles. The van der Waals surface area contributed by atoms with Gasteiger partial charge in [-0.3, -0.25) is 0 Å². The Bertz CT molecular complexity index is 1260. The molecule has 4 aliphatic carbocycles. The van der Waals surface area contributed by atoms with Gasteiger partial charge in [-0.15, -0.1) is 0 Å². The van der Waals surface area contributed by atoms with Gasteiger partial charge in [0.25, 0.3) is 0 Å². The summed E-state index contributed by atoms with van der Waals surface area (Å²) in [7, 11) is -3.83. The number of carbonyl (C=O) groups is 1. The van der Waals surface area contributed by atoms with Crippen molar-refractivity contribution in [3.63, 3.8) is 0 Å². The van der Waals surface area contributed by atoms with Crippen LogP contribution in [-0.4, -0.2) is 49.3 Å². The number of halogens is 1. The van der Waals surface area contributed by atoms with Crippen molar-refractivity contribution in [2.75, 3.05) is 12.4 Å². The fourth-order valence-corrected chi connectivity index (χ4v) is 11.8. The van der Waals surface area contributed by atoms with Crippen molar-refractivity contribution in [2.24, 2.45) is 52.3 Å². The number of fused-ring (bicyclic) bond motifs is 5. The van der Waals surface area contributed by atoms with Crippen molar-refractivity contribution in [3.8, 4) is 0 Å². The minimum Gasteiger partial charge on any atom is -0.449 e. The van der Waals surface area contributed by atoms with E-state index in [2.05, 4.69) is 27.7 Å². The minimum atomic E-state index is -3.83. The summed E-state index contributed by atoms with van der Waals surface area (Å²) in [6.45, 7) is 9.52. The summed E-state index contributed by atoms with van der Waals surface area (Å²) in [4.78, 5) is 12.4. The molecule has 4 saturated carbocycles. The first-order chi connectivity index (χ1) is 20.3. The molecule has 7 nitrogen and oxygen atoms in total. The molecule has 9 heteroatoms. The molecule has 0 unspecified atom stereocenters. The number of hydrogen-bond acceptors (Lipinski definition) is 6. The number of sulfonamides is 1. The lowest BCUT2D eigenvalue weighted by atomic mass is 9.41. The van der Waals surface area contributed by atoms with Crippen molar-refractivity contribution in [2.45, 2.75) is 104 Å². The molecule has 0 aliphatic heterocycles. The Kier molecular flexibility index (Phi) is 9.83. The molecular weight excluding hydrogens is 586 g/mol. The van der Waals surface area contributed by atoms with Gasteiger partial charge in [0.05, 0.1) is 24.6 Å². The summed E-state index contributed by atoms with van der Waals surface area (Å²) in [5.41, 5.74) is 1.10.